The summed E-state index contributed by atoms with van der Waals surface area (Å²) in [6.45, 7) is 0. The third kappa shape index (κ3) is 5.45. The van der Waals surface area contributed by atoms with Gasteiger partial charge in [0.2, 0.25) is 0 Å². The number of alkyl halides is 6. The number of anilines is 1. The molecule has 0 fully saturated rings. The van der Waals surface area contributed by atoms with Crippen LogP contribution in [0.25, 0.3) is 0 Å². The topological polar surface area (TPSA) is 72.5 Å². The van der Waals surface area contributed by atoms with Gasteiger partial charge in [-0.05, 0) is 48.5 Å². The van der Waals surface area contributed by atoms with Crippen molar-refractivity contribution in [1.29, 1.82) is 0 Å². The first kappa shape index (κ1) is 26.5. The minimum atomic E-state index is -6.11. The predicted molar refractivity (Wildman–Crippen MR) is 117 cm³/mol. The Bertz CT molecular complexity index is 1280. The Morgan fingerprint density at radius 2 is 1.29 bits per heavy atom. The lowest BCUT2D eigenvalue weighted by Gasteiger charge is -2.36. The maximum atomic E-state index is 14.0. The molecule has 0 atom stereocenters. The fourth-order valence-corrected chi connectivity index (χ4v) is 4.38. The second kappa shape index (κ2) is 9.53. The van der Waals surface area contributed by atoms with E-state index in [2.05, 4.69) is 25.4 Å². The molecular weight excluding hydrogens is 568 g/mol. The van der Waals surface area contributed by atoms with Gasteiger partial charge in [-0.25, -0.2) is 13.2 Å². The van der Waals surface area contributed by atoms with Crippen molar-refractivity contribution in [3.63, 3.8) is 0 Å². The normalized spacial score (nSPS) is 12.8. The standard InChI is InChI=1S/C22H14BrF6NO4S/c23-16-10-6-14(7-11-16)19(31)34-20(21(24,25)26,22(27,28)29)15-8-12-17(13-9-15)30-35(32,33)18-4-2-1-3-5-18/h1-13,30H. The fraction of sp³-hybridized carbons (Fsp3) is 0.136. The number of hydrogen-bond acceptors (Lipinski definition) is 4. The fourth-order valence-electron chi connectivity index (χ4n) is 3.03. The van der Waals surface area contributed by atoms with Crippen LogP contribution < -0.4 is 4.72 Å². The van der Waals surface area contributed by atoms with E-state index in [1.807, 2.05) is 0 Å². The van der Waals surface area contributed by atoms with Gasteiger partial charge in [0.25, 0.3) is 10.0 Å². The first-order valence-corrected chi connectivity index (χ1v) is 11.8. The van der Waals surface area contributed by atoms with Gasteiger partial charge < -0.3 is 4.74 Å². The van der Waals surface area contributed by atoms with E-state index in [0.29, 0.717) is 28.7 Å². The zero-order chi connectivity index (χ0) is 26.1. The lowest BCUT2D eigenvalue weighted by Crippen LogP contribution is -2.56. The van der Waals surface area contributed by atoms with Crippen LogP contribution in [0.15, 0.2) is 88.2 Å². The van der Waals surface area contributed by atoms with Gasteiger partial charge in [-0.15, -0.1) is 0 Å². The van der Waals surface area contributed by atoms with Gasteiger partial charge in [0.05, 0.1) is 10.5 Å². The highest BCUT2D eigenvalue weighted by atomic mass is 79.9. The summed E-state index contributed by atoms with van der Waals surface area (Å²) >= 11 is 3.04. The molecule has 3 aromatic carbocycles. The van der Waals surface area contributed by atoms with E-state index in [0.717, 1.165) is 12.1 Å². The predicted octanol–water partition coefficient (Wildman–Crippen LogP) is 6.43. The Morgan fingerprint density at radius 3 is 1.77 bits per heavy atom. The van der Waals surface area contributed by atoms with Gasteiger partial charge >= 0.3 is 23.9 Å². The average molecular weight is 582 g/mol. The zero-order valence-corrected chi connectivity index (χ0v) is 19.6. The molecule has 0 heterocycles. The molecule has 0 aromatic heterocycles. The molecule has 186 valence electrons. The van der Waals surface area contributed by atoms with Gasteiger partial charge in [0, 0.05) is 15.7 Å². The van der Waals surface area contributed by atoms with Gasteiger partial charge in [-0.1, -0.05) is 46.3 Å². The molecule has 1 N–H and O–H groups in total. The molecule has 3 aromatic rings. The molecule has 0 saturated carbocycles. The van der Waals surface area contributed by atoms with Gasteiger partial charge in [0.15, 0.2) is 0 Å². The number of hydrogen-bond donors (Lipinski definition) is 1. The summed E-state index contributed by atoms with van der Waals surface area (Å²) in [5.74, 6) is -1.86. The van der Waals surface area contributed by atoms with Crippen molar-refractivity contribution < 1.29 is 44.3 Å². The van der Waals surface area contributed by atoms with Gasteiger partial charge in [0.1, 0.15) is 0 Å². The monoisotopic (exact) mass is 581 g/mol. The number of rotatable bonds is 6. The number of esters is 1. The number of sulfonamides is 1. The third-order valence-corrected chi connectivity index (χ3v) is 6.65. The molecule has 0 spiro atoms. The maximum absolute atomic E-state index is 14.0. The Hall–Kier alpha value is -3.06. The summed E-state index contributed by atoms with van der Waals surface area (Å²) in [6, 6.07) is 13.6. The van der Waals surface area contributed by atoms with E-state index >= 15 is 0 Å². The molecule has 13 heteroatoms. The third-order valence-electron chi connectivity index (χ3n) is 4.72. The molecule has 0 bridgehead atoms. The van der Waals surface area contributed by atoms with Crippen LogP contribution in [0.4, 0.5) is 32.0 Å². The molecule has 0 amide bonds. The number of carbonyl (C=O) groups is 1. The van der Waals surface area contributed by atoms with Crippen molar-refractivity contribution in [2.24, 2.45) is 0 Å². The summed E-state index contributed by atoms with van der Waals surface area (Å²) in [4.78, 5) is 12.1. The first-order valence-electron chi connectivity index (χ1n) is 9.48. The summed E-state index contributed by atoms with van der Waals surface area (Å²) in [7, 11) is -4.16. The first-order chi connectivity index (χ1) is 16.2. The molecule has 5 nitrogen and oxygen atoms in total. The molecule has 0 radical (unpaired) electrons. The van der Waals surface area contributed by atoms with Crippen molar-refractivity contribution in [2.45, 2.75) is 22.8 Å². The largest absolute Gasteiger partial charge is 0.442 e. The molecular formula is C22H14BrF6NO4S. The van der Waals surface area contributed by atoms with Gasteiger partial charge in [-0.3, -0.25) is 4.72 Å². The summed E-state index contributed by atoms with van der Waals surface area (Å²) in [6.07, 6.45) is -12.2. The lowest BCUT2D eigenvalue weighted by atomic mass is 9.91. The highest BCUT2D eigenvalue weighted by Crippen LogP contribution is 2.53. The van der Waals surface area contributed by atoms with Crippen LogP contribution in [0.1, 0.15) is 15.9 Å². The summed E-state index contributed by atoms with van der Waals surface area (Å²) in [5.41, 5.74) is -7.33. The molecule has 0 aliphatic carbocycles. The Kier molecular flexibility index (Phi) is 7.23. The van der Waals surface area contributed by atoms with Crippen LogP contribution >= 0.6 is 15.9 Å². The van der Waals surface area contributed by atoms with E-state index in [9.17, 15) is 39.6 Å². The molecule has 0 unspecified atom stereocenters. The average Bonchev–Trinajstić information content (AvgIpc) is 2.77. The number of nitrogens with one attached hydrogen (secondary N) is 1. The van der Waals surface area contributed by atoms with Crippen molar-refractivity contribution in [3.8, 4) is 0 Å². The number of ether oxygens (including phenoxy) is 1. The van der Waals surface area contributed by atoms with Crippen molar-refractivity contribution in [3.05, 3.63) is 94.5 Å². The van der Waals surface area contributed by atoms with Crippen LogP contribution in [-0.4, -0.2) is 26.7 Å². The van der Waals surface area contributed by atoms with Crippen LogP contribution in [0, 0.1) is 0 Å². The van der Waals surface area contributed by atoms with E-state index in [1.165, 1.54) is 36.4 Å². The van der Waals surface area contributed by atoms with Crippen molar-refractivity contribution in [2.75, 3.05) is 4.72 Å². The second-order valence-corrected chi connectivity index (χ2v) is 9.67. The Morgan fingerprint density at radius 1 is 0.771 bits per heavy atom. The van der Waals surface area contributed by atoms with E-state index in [4.69, 9.17) is 0 Å². The molecule has 0 aliphatic rings. The van der Waals surface area contributed by atoms with E-state index < -0.39 is 45.1 Å². The molecule has 0 aliphatic heterocycles. The van der Waals surface area contributed by atoms with Gasteiger partial charge in [-0.2, -0.15) is 26.3 Å². The SMILES string of the molecule is O=C(OC(c1ccc(NS(=O)(=O)c2ccccc2)cc1)(C(F)(F)F)C(F)(F)F)c1ccc(Br)cc1. The quantitative estimate of drug-likeness (QED) is 0.269. The number of benzene rings is 3. The van der Waals surface area contributed by atoms with Crippen LogP contribution in [0.2, 0.25) is 0 Å². The van der Waals surface area contributed by atoms with E-state index in [-0.39, 0.29) is 10.6 Å². The van der Waals surface area contributed by atoms with Crippen LogP contribution in [0.5, 0.6) is 0 Å². The minimum absolute atomic E-state index is 0.174. The van der Waals surface area contributed by atoms with Crippen molar-refractivity contribution >= 4 is 37.6 Å². The Balaban J connectivity index is 2.02. The Labute approximate surface area is 203 Å². The lowest BCUT2D eigenvalue weighted by molar-refractivity contribution is -0.373. The van der Waals surface area contributed by atoms with E-state index in [1.54, 1.807) is 6.07 Å². The number of carbonyl (C=O) groups excluding carboxylic acids is 1. The maximum Gasteiger partial charge on any atom is 0.442 e. The number of halogens is 7. The molecule has 3 rings (SSSR count). The molecule has 0 saturated heterocycles. The summed E-state index contributed by atoms with van der Waals surface area (Å²) < 4.78 is 115. The minimum Gasteiger partial charge on any atom is -0.431 e. The highest BCUT2D eigenvalue weighted by molar-refractivity contribution is 9.10. The highest BCUT2D eigenvalue weighted by Gasteiger charge is 2.75. The molecule has 35 heavy (non-hydrogen) atoms. The zero-order valence-electron chi connectivity index (χ0n) is 17.2. The van der Waals surface area contributed by atoms with Crippen LogP contribution in [-0.2, 0) is 20.4 Å². The summed E-state index contributed by atoms with van der Waals surface area (Å²) in [5, 5.41) is 0. The van der Waals surface area contributed by atoms with Crippen molar-refractivity contribution in [1.82, 2.24) is 0 Å². The second-order valence-electron chi connectivity index (χ2n) is 7.07. The van der Waals surface area contributed by atoms with Crippen LogP contribution in [0.3, 0.4) is 0 Å². The smallest absolute Gasteiger partial charge is 0.431 e.